The van der Waals surface area contributed by atoms with Gasteiger partial charge in [0.05, 0.1) is 6.04 Å². The number of carbonyl (C=O) groups excluding carboxylic acids is 2. The third-order valence-electron chi connectivity index (χ3n) is 6.04. The monoisotopic (exact) mass is 321 g/mol. The lowest BCUT2D eigenvalue weighted by Gasteiger charge is -2.36. The molecule has 4 fully saturated rings. The summed E-state index contributed by atoms with van der Waals surface area (Å²) in [5, 5.41) is 2.85. The van der Waals surface area contributed by atoms with Gasteiger partial charge >= 0.3 is 6.03 Å². The minimum absolute atomic E-state index is 0.0652. The van der Waals surface area contributed by atoms with Crippen LogP contribution in [-0.2, 0) is 4.79 Å². The molecule has 0 aliphatic carbocycles. The number of fused-ring (bicyclic) bond motifs is 2. The van der Waals surface area contributed by atoms with Crippen LogP contribution in [0.1, 0.15) is 19.3 Å². The van der Waals surface area contributed by atoms with E-state index in [9.17, 15) is 9.59 Å². The highest BCUT2D eigenvalue weighted by atomic mass is 16.2. The van der Waals surface area contributed by atoms with E-state index in [1.807, 2.05) is 4.90 Å². The Hall–Kier alpha value is -1.34. The van der Waals surface area contributed by atoms with Gasteiger partial charge in [0, 0.05) is 51.4 Å². The Morgan fingerprint density at radius 2 is 2.09 bits per heavy atom. The number of hydrogen-bond acceptors (Lipinski definition) is 4. The summed E-state index contributed by atoms with van der Waals surface area (Å²) in [7, 11) is 2.07. The summed E-state index contributed by atoms with van der Waals surface area (Å²) in [4.78, 5) is 33.1. The predicted molar refractivity (Wildman–Crippen MR) is 86.1 cm³/mol. The van der Waals surface area contributed by atoms with Crippen LogP contribution in [0.2, 0.25) is 0 Å². The fourth-order valence-corrected chi connectivity index (χ4v) is 4.68. The van der Waals surface area contributed by atoms with Crippen molar-refractivity contribution in [3.8, 4) is 0 Å². The molecule has 4 rings (SSSR count). The Morgan fingerprint density at radius 1 is 1.22 bits per heavy atom. The topological polar surface area (TPSA) is 59.1 Å². The Morgan fingerprint density at radius 3 is 2.70 bits per heavy atom. The molecular formula is C16H27N5O2. The van der Waals surface area contributed by atoms with Crippen LogP contribution in [0.5, 0.6) is 0 Å². The molecule has 0 aromatic heterocycles. The van der Waals surface area contributed by atoms with E-state index in [4.69, 9.17) is 0 Å². The van der Waals surface area contributed by atoms with Gasteiger partial charge < -0.3 is 15.1 Å². The summed E-state index contributed by atoms with van der Waals surface area (Å²) in [6.45, 7) is 6.21. The number of rotatable bonds is 4. The number of likely N-dealkylation sites (tertiary alicyclic amines) is 3. The second-order valence-corrected chi connectivity index (χ2v) is 7.39. The first-order valence-electron chi connectivity index (χ1n) is 8.91. The van der Waals surface area contributed by atoms with Gasteiger partial charge in [0.15, 0.2) is 0 Å². The van der Waals surface area contributed by atoms with Crippen molar-refractivity contribution in [1.29, 1.82) is 0 Å². The molecule has 4 aliphatic heterocycles. The number of piperazine rings is 1. The van der Waals surface area contributed by atoms with E-state index >= 15 is 0 Å². The van der Waals surface area contributed by atoms with E-state index < -0.39 is 0 Å². The van der Waals surface area contributed by atoms with Crippen LogP contribution in [0.3, 0.4) is 0 Å². The molecule has 0 aromatic rings. The number of likely N-dealkylation sites (N-methyl/N-ethyl adjacent to an activating group) is 1. The Bertz CT molecular complexity index is 499. The highest BCUT2D eigenvalue weighted by Crippen LogP contribution is 2.32. The molecule has 0 spiro atoms. The predicted octanol–water partition coefficient (Wildman–Crippen LogP) is -0.609. The lowest BCUT2D eigenvalue weighted by Crippen LogP contribution is -2.54. The number of hydrogen-bond donors (Lipinski definition) is 1. The summed E-state index contributed by atoms with van der Waals surface area (Å²) in [6, 6.07) is 1.04. The molecule has 7 nitrogen and oxygen atoms in total. The van der Waals surface area contributed by atoms with Gasteiger partial charge in [-0.1, -0.05) is 0 Å². The molecule has 23 heavy (non-hydrogen) atoms. The summed E-state index contributed by atoms with van der Waals surface area (Å²) < 4.78 is 0. The highest BCUT2D eigenvalue weighted by Gasteiger charge is 2.47. The number of carbonyl (C=O) groups is 2. The van der Waals surface area contributed by atoms with Crippen molar-refractivity contribution in [2.24, 2.45) is 0 Å². The van der Waals surface area contributed by atoms with Crippen LogP contribution in [0.15, 0.2) is 0 Å². The molecule has 3 atom stereocenters. The van der Waals surface area contributed by atoms with Crippen molar-refractivity contribution in [2.45, 2.75) is 37.4 Å². The molecule has 1 N–H and O–H groups in total. The number of nitrogens with one attached hydrogen (secondary N) is 1. The van der Waals surface area contributed by atoms with E-state index in [0.717, 1.165) is 65.1 Å². The van der Waals surface area contributed by atoms with Gasteiger partial charge in [-0.15, -0.1) is 0 Å². The third-order valence-corrected chi connectivity index (χ3v) is 6.04. The molecule has 0 radical (unpaired) electrons. The highest BCUT2D eigenvalue weighted by molar-refractivity contribution is 5.83. The Kier molecular flexibility index (Phi) is 3.93. The van der Waals surface area contributed by atoms with Gasteiger partial charge in [-0.3, -0.25) is 14.6 Å². The van der Waals surface area contributed by atoms with Gasteiger partial charge in [-0.05, 0) is 32.9 Å². The maximum atomic E-state index is 12.8. The fourth-order valence-electron chi connectivity index (χ4n) is 4.68. The van der Waals surface area contributed by atoms with Crippen LogP contribution < -0.4 is 5.32 Å². The first-order valence-corrected chi connectivity index (χ1v) is 8.91. The summed E-state index contributed by atoms with van der Waals surface area (Å²) >= 11 is 0. The second kappa shape index (κ2) is 5.94. The van der Waals surface area contributed by atoms with Crippen LogP contribution in [0, 0.1) is 0 Å². The molecule has 0 unspecified atom stereocenters. The second-order valence-electron chi connectivity index (χ2n) is 7.39. The zero-order valence-corrected chi connectivity index (χ0v) is 13.9. The quantitative estimate of drug-likeness (QED) is 0.751. The first kappa shape index (κ1) is 15.2. The lowest BCUT2D eigenvalue weighted by molar-refractivity contribution is -0.137. The molecule has 0 saturated carbocycles. The maximum absolute atomic E-state index is 12.8. The van der Waals surface area contributed by atoms with Crippen molar-refractivity contribution in [1.82, 2.24) is 24.9 Å². The van der Waals surface area contributed by atoms with Crippen molar-refractivity contribution >= 4 is 11.9 Å². The Labute approximate surface area is 137 Å². The molecule has 4 heterocycles. The molecule has 2 bridgehead atoms. The van der Waals surface area contributed by atoms with Crippen LogP contribution in [0.25, 0.3) is 0 Å². The van der Waals surface area contributed by atoms with Gasteiger partial charge in [0.1, 0.15) is 0 Å². The summed E-state index contributed by atoms with van der Waals surface area (Å²) in [5.74, 6) is 0.344. The van der Waals surface area contributed by atoms with Crippen LogP contribution in [-0.4, -0.2) is 103 Å². The first-order chi connectivity index (χ1) is 11.1. The zero-order chi connectivity index (χ0) is 16.0. The van der Waals surface area contributed by atoms with E-state index in [1.54, 1.807) is 0 Å². The van der Waals surface area contributed by atoms with Crippen LogP contribution in [0.4, 0.5) is 4.79 Å². The van der Waals surface area contributed by atoms with Crippen molar-refractivity contribution in [3.63, 3.8) is 0 Å². The fraction of sp³-hybridized carbons (Fsp3) is 0.875. The standard InChI is InChI=1S/C16H27N5O2/c1-18-5-2-3-14(18)15(22)21-11-12-9-13(21)10-20(12)8-7-19-6-4-17-16(19)23/h12-14H,2-11H2,1H3,(H,17,23)/t12-,13-,14+/m0/s1. The van der Waals surface area contributed by atoms with Gasteiger partial charge in [-0.25, -0.2) is 4.79 Å². The van der Waals surface area contributed by atoms with Crippen LogP contribution >= 0.6 is 0 Å². The van der Waals surface area contributed by atoms with Crippen molar-refractivity contribution in [3.05, 3.63) is 0 Å². The SMILES string of the molecule is CN1CCC[C@@H]1C(=O)N1C[C@@H]2C[C@H]1CN2CCN1CCNC1=O. The maximum Gasteiger partial charge on any atom is 0.317 e. The summed E-state index contributed by atoms with van der Waals surface area (Å²) in [5.41, 5.74) is 0. The lowest BCUT2D eigenvalue weighted by atomic mass is 10.1. The van der Waals surface area contributed by atoms with Gasteiger partial charge in [0.2, 0.25) is 5.91 Å². The number of urea groups is 1. The third kappa shape index (κ3) is 2.70. The molecular weight excluding hydrogens is 294 g/mol. The van der Waals surface area contributed by atoms with Crippen molar-refractivity contribution in [2.75, 3.05) is 52.9 Å². The largest absolute Gasteiger partial charge is 0.336 e. The summed E-state index contributed by atoms with van der Waals surface area (Å²) in [6.07, 6.45) is 3.25. The molecule has 0 aromatic carbocycles. The van der Waals surface area contributed by atoms with Crippen molar-refractivity contribution < 1.29 is 9.59 Å². The molecule has 7 heteroatoms. The average molecular weight is 321 g/mol. The number of amides is 3. The normalized spacial score (nSPS) is 34.7. The molecule has 4 aliphatic rings. The smallest absolute Gasteiger partial charge is 0.317 e. The average Bonchev–Trinajstić information content (AvgIpc) is 3.28. The van der Waals surface area contributed by atoms with E-state index in [2.05, 4.69) is 27.1 Å². The zero-order valence-electron chi connectivity index (χ0n) is 13.9. The number of nitrogens with zero attached hydrogens (tertiary/aromatic N) is 4. The van der Waals surface area contributed by atoms with Gasteiger partial charge in [0.25, 0.3) is 0 Å². The van der Waals surface area contributed by atoms with E-state index in [1.165, 1.54) is 0 Å². The minimum atomic E-state index is 0.0652. The Balaban J connectivity index is 1.29. The van der Waals surface area contributed by atoms with E-state index in [-0.39, 0.29) is 12.1 Å². The molecule has 3 amide bonds. The van der Waals surface area contributed by atoms with Gasteiger partial charge in [-0.2, -0.15) is 0 Å². The minimum Gasteiger partial charge on any atom is -0.336 e. The van der Waals surface area contributed by atoms with E-state index in [0.29, 0.717) is 18.0 Å². The molecule has 4 saturated heterocycles. The molecule has 128 valence electrons.